The highest BCUT2D eigenvalue weighted by molar-refractivity contribution is 7.18. The number of piperazine rings is 1. The number of rotatable bonds is 5. The van der Waals surface area contributed by atoms with Crippen molar-refractivity contribution >= 4 is 33.1 Å². The molecule has 0 atom stereocenters. The van der Waals surface area contributed by atoms with Crippen molar-refractivity contribution < 1.29 is 9.53 Å². The molecule has 27 heavy (non-hydrogen) atoms. The van der Waals surface area contributed by atoms with E-state index in [4.69, 9.17) is 4.74 Å². The molecular weight excluding hydrogens is 358 g/mol. The van der Waals surface area contributed by atoms with E-state index in [1.165, 1.54) is 11.3 Å². The van der Waals surface area contributed by atoms with Crippen LogP contribution in [0.1, 0.15) is 10.6 Å². The van der Waals surface area contributed by atoms with E-state index < -0.39 is 0 Å². The van der Waals surface area contributed by atoms with Gasteiger partial charge in [0.05, 0.1) is 16.8 Å². The monoisotopic (exact) mass is 381 g/mol. The molecule has 0 aliphatic carbocycles. The Bertz CT molecular complexity index is 899. The van der Waals surface area contributed by atoms with Crippen molar-refractivity contribution in [2.75, 3.05) is 37.7 Å². The summed E-state index contributed by atoms with van der Waals surface area (Å²) in [4.78, 5) is 21.2. The minimum atomic E-state index is 0.0556. The number of benzene rings is 2. The molecule has 0 unspecified atom stereocenters. The van der Waals surface area contributed by atoms with E-state index in [1.807, 2.05) is 23.1 Å². The van der Waals surface area contributed by atoms with Gasteiger partial charge in [0.25, 0.3) is 0 Å². The molecule has 1 amide bonds. The minimum absolute atomic E-state index is 0.0556. The fourth-order valence-corrected chi connectivity index (χ4v) is 4.24. The Labute approximate surface area is 163 Å². The van der Waals surface area contributed by atoms with Crippen molar-refractivity contribution in [3.05, 3.63) is 59.1 Å². The molecule has 1 aromatic heterocycles. The summed E-state index contributed by atoms with van der Waals surface area (Å²) < 4.78 is 6.78. The van der Waals surface area contributed by atoms with Gasteiger partial charge in [0.1, 0.15) is 11.6 Å². The molecule has 1 aliphatic rings. The van der Waals surface area contributed by atoms with Gasteiger partial charge in [-0.15, -0.1) is 11.3 Å². The van der Waals surface area contributed by atoms with Crippen LogP contribution in [0.25, 0.3) is 10.2 Å². The number of carbonyl (C=O) groups excluding carboxylic acids is 1. The molecule has 2 aromatic carbocycles. The normalized spacial score (nSPS) is 14.7. The van der Waals surface area contributed by atoms with Crippen molar-refractivity contribution in [1.82, 2.24) is 9.88 Å². The summed E-state index contributed by atoms with van der Waals surface area (Å²) in [6.07, 6.45) is 0. The molecule has 2 heterocycles. The van der Waals surface area contributed by atoms with E-state index in [-0.39, 0.29) is 12.5 Å². The first kappa shape index (κ1) is 17.9. The minimum Gasteiger partial charge on any atom is -0.368 e. The third kappa shape index (κ3) is 4.28. The Hall–Kier alpha value is -2.44. The van der Waals surface area contributed by atoms with Gasteiger partial charge in [-0.25, -0.2) is 4.98 Å². The average Bonchev–Trinajstić information content (AvgIpc) is 3.11. The van der Waals surface area contributed by atoms with Crippen molar-refractivity contribution in [3.63, 3.8) is 0 Å². The zero-order chi connectivity index (χ0) is 18.6. The lowest BCUT2D eigenvalue weighted by Gasteiger charge is -2.36. The second-order valence-electron chi connectivity index (χ2n) is 6.77. The lowest BCUT2D eigenvalue weighted by Crippen LogP contribution is -2.49. The zero-order valence-electron chi connectivity index (χ0n) is 15.4. The summed E-state index contributed by atoms with van der Waals surface area (Å²) in [5.74, 6) is 0.0556. The van der Waals surface area contributed by atoms with Crippen LogP contribution in [-0.2, 0) is 16.1 Å². The van der Waals surface area contributed by atoms with Crippen LogP contribution in [0.3, 0.4) is 0 Å². The summed E-state index contributed by atoms with van der Waals surface area (Å²) in [6, 6.07) is 16.5. The van der Waals surface area contributed by atoms with E-state index in [0.29, 0.717) is 6.61 Å². The number of hydrogen-bond donors (Lipinski definition) is 0. The van der Waals surface area contributed by atoms with Crippen molar-refractivity contribution in [2.24, 2.45) is 0 Å². The molecule has 6 heteroatoms. The summed E-state index contributed by atoms with van der Waals surface area (Å²) in [7, 11) is 0. The second kappa shape index (κ2) is 8.06. The Morgan fingerprint density at radius 1 is 1.11 bits per heavy atom. The van der Waals surface area contributed by atoms with Gasteiger partial charge < -0.3 is 14.5 Å². The highest BCUT2D eigenvalue weighted by Crippen LogP contribution is 2.22. The fraction of sp³-hybridized carbons (Fsp3) is 0.333. The van der Waals surface area contributed by atoms with E-state index in [1.54, 1.807) is 11.3 Å². The first-order valence-corrected chi connectivity index (χ1v) is 10.0. The SMILES string of the molecule is Cc1cccc(N2CCN(C(=O)COCc3nc4ccccc4s3)CC2)c1. The summed E-state index contributed by atoms with van der Waals surface area (Å²) in [5.41, 5.74) is 3.48. The van der Waals surface area contributed by atoms with Gasteiger partial charge in [-0.1, -0.05) is 24.3 Å². The lowest BCUT2D eigenvalue weighted by molar-refractivity contribution is -0.136. The smallest absolute Gasteiger partial charge is 0.248 e. The number of nitrogens with zero attached hydrogens (tertiary/aromatic N) is 3. The Balaban J connectivity index is 1.24. The maximum atomic E-state index is 12.4. The van der Waals surface area contributed by atoms with Gasteiger partial charge in [0.2, 0.25) is 5.91 Å². The van der Waals surface area contributed by atoms with Crippen molar-refractivity contribution in [1.29, 1.82) is 0 Å². The predicted octanol–water partition coefficient (Wildman–Crippen LogP) is 3.47. The largest absolute Gasteiger partial charge is 0.368 e. The Morgan fingerprint density at radius 3 is 2.70 bits per heavy atom. The molecule has 1 fully saturated rings. The van der Waals surface area contributed by atoms with E-state index in [9.17, 15) is 4.79 Å². The van der Waals surface area contributed by atoms with Gasteiger partial charge in [-0.05, 0) is 36.8 Å². The van der Waals surface area contributed by atoms with Gasteiger partial charge in [-0.3, -0.25) is 4.79 Å². The molecule has 0 radical (unpaired) electrons. The number of aryl methyl sites for hydroxylation is 1. The Morgan fingerprint density at radius 2 is 1.93 bits per heavy atom. The topological polar surface area (TPSA) is 45.7 Å². The van der Waals surface area contributed by atoms with E-state index in [0.717, 1.165) is 41.4 Å². The van der Waals surface area contributed by atoms with Crippen LogP contribution in [0.15, 0.2) is 48.5 Å². The number of para-hydroxylation sites is 1. The third-order valence-corrected chi connectivity index (χ3v) is 5.80. The second-order valence-corrected chi connectivity index (χ2v) is 7.89. The molecule has 0 saturated carbocycles. The highest BCUT2D eigenvalue weighted by Gasteiger charge is 2.21. The molecule has 3 aromatic rings. The first-order chi connectivity index (χ1) is 13.2. The molecule has 5 nitrogen and oxygen atoms in total. The first-order valence-electron chi connectivity index (χ1n) is 9.20. The van der Waals surface area contributed by atoms with Crippen LogP contribution in [0.2, 0.25) is 0 Å². The van der Waals surface area contributed by atoms with Crippen LogP contribution >= 0.6 is 11.3 Å². The predicted molar refractivity (Wildman–Crippen MR) is 109 cm³/mol. The number of fused-ring (bicyclic) bond motifs is 1. The molecule has 0 spiro atoms. The van der Waals surface area contributed by atoms with Crippen molar-refractivity contribution in [3.8, 4) is 0 Å². The maximum absolute atomic E-state index is 12.4. The zero-order valence-corrected chi connectivity index (χ0v) is 16.2. The number of thiazole rings is 1. The van der Waals surface area contributed by atoms with Crippen molar-refractivity contribution in [2.45, 2.75) is 13.5 Å². The maximum Gasteiger partial charge on any atom is 0.248 e. The summed E-state index contributed by atoms with van der Waals surface area (Å²) >= 11 is 1.62. The van der Waals surface area contributed by atoms with Crippen LogP contribution in [-0.4, -0.2) is 48.6 Å². The summed E-state index contributed by atoms with van der Waals surface area (Å²) in [6.45, 7) is 5.77. The molecule has 0 N–H and O–H groups in total. The third-order valence-electron chi connectivity index (χ3n) is 4.79. The van der Waals surface area contributed by atoms with Crippen LogP contribution in [0.5, 0.6) is 0 Å². The summed E-state index contributed by atoms with van der Waals surface area (Å²) in [5, 5.41) is 0.910. The standard InChI is InChI=1S/C21H23N3O2S/c1-16-5-4-6-17(13-16)23-9-11-24(12-10-23)21(25)15-26-14-20-22-18-7-2-3-8-19(18)27-20/h2-8,13H,9-12,14-15H2,1H3. The quantitative estimate of drug-likeness (QED) is 0.679. The number of anilines is 1. The Kier molecular flexibility index (Phi) is 5.36. The molecule has 1 aliphatic heterocycles. The number of ether oxygens (including phenoxy) is 1. The van der Waals surface area contributed by atoms with Crippen LogP contribution in [0, 0.1) is 6.92 Å². The molecule has 4 rings (SSSR count). The van der Waals surface area contributed by atoms with Crippen LogP contribution in [0.4, 0.5) is 5.69 Å². The van der Waals surface area contributed by atoms with Gasteiger partial charge in [0, 0.05) is 31.9 Å². The average molecular weight is 382 g/mol. The highest BCUT2D eigenvalue weighted by atomic mass is 32.1. The number of hydrogen-bond acceptors (Lipinski definition) is 5. The molecule has 140 valence electrons. The van der Waals surface area contributed by atoms with Gasteiger partial charge >= 0.3 is 0 Å². The number of aromatic nitrogens is 1. The lowest BCUT2D eigenvalue weighted by atomic mass is 10.2. The van der Waals surface area contributed by atoms with Gasteiger partial charge in [0.15, 0.2) is 0 Å². The van der Waals surface area contributed by atoms with E-state index >= 15 is 0 Å². The fourth-order valence-electron chi connectivity index (χ4n) is 3.34. The van der Waals surface area contributed by atoms with E-state index in [2.05, 4.69) is 47.1 Å². The van der Waals surface area contributed by atoms with Gasteiger partial charge in [-0.2, -0.15) is 0 Å². The molecular formula is C21H23N3O2S. The number of carbonyl (C=O) groups is 1. The number of amides is 1. The van der Waals surface area contributed by atoms with Crippen LogP contribution < -0.4 is 4.90 Å². The molecule has 1 saturated heterocycles. The molecule has 0 bridgehead atoms.